The molecule has 0 radical (unpaired) electrons. The molecule has 2 N–H and O–H groups in total. The van der Waals surface area contributed by atoms with Gasteiger partial charge < -0.3 is 10.5 Å². The smallest absolute Gasteiger partial charge is 0.0623 e. The molecule has 0 aromatic rings. The van der Waals surface area contributed by atoms with Crippen LogP contribution in [0.2, 0.25) is 0 Å². The fraction of sp³-hybridized carbons (Fsp3) is 1.00. The van der Waals surface area contributed by atoms with Crippen molar-refractivity contribution < 1.29 is 4.74 Å². The summed E-state index contributed by atoms with van der Waals surface area (Å²) in [6.07, 6.45) is 6.97. The van der Waals surface area contributed by atoms with E-state index in [1.54, 1.807) is 0 Å². The maximum Gasteiger partial charge on any atom is 0.0623 e. The zero-order chi connectivity index (χ0) is 10.8. The van der Waals surface area contributed by atoms with Crippen LogP contribution in [0.4, 0.5) is 0 Å². The molecule has 15 heavy (non-hydrogen) atoms. The molecule has 0 heterocycles. The molecular formula is C13H25NO. The summed E-state index contributed by atoms with van der Waals surface area (Å²) in [4.78, 5) is 0. The minimum Gasteiger partial charge on any atom is -0.377 e. The summed E-state index contributed by atoms with van der Waals surface area (Å²) >= 11 is 0. The van der Waals surface area contributed by atoms with E-state index in [0.29, 0.717) is 12.1 Å². The van der Waals surface area contributed by atoms with Gasteiger partial charge in [0, 0.05) is 6.04 Å². The average molecular weight is 211 g/mol. The minimum absolute atomic E-state index is 0.303. The first kappa shape index (κ1) is 11.4. The SMILES string of the molecule is CC1CC(C)CC(OCC(N)C2CC2)C1. The molecule has 2 rings (SSSR count). The Balaban J connectivity index is 1.68. The number of ether oxygens (including phenoxy) is 1. The van der Waals surface area contributed by atoms with Crippen LogP contribution in [0.5, 0.6) is 0 Å². The monoisotopic (exact) mass is 211 g/mol. The second-order valence-electron chi connectivity index (χ2n) is 5.87. The van der Waals surface area contributed by atoms with Crippen molar-refractivity contribution >= 4 is 0 Å². The van der Waals surface area contributed by atoms with Crippen LogP contribution in [0.3, 0.4) is 0 Å². The molecule has 0 aliphatic heterocycles. The average Bonchev–Trinajstić information content (AvgIpc) is 2.95. The fourth-order valence-electron chi connectivity index (χ4n) is 2.92. The van der Waals surface area contributed by atoms with Gasteiger partial charge in [0.25, 0.3) is 0 Å². The van der Waals surface area contributed by atoms with Crippen LogP contribution in [0, 0.1) is 17.8 Å². The highest BCUT2D eigenvalue weighted by Gasteiger charge is 2.30. The molecule has 0 aromatic carbocycles. The quantitative estimate of drug-likeness (QED) is 0.775. The Morgan fingerprint density at radius 2 is 1.73 bits per heavy atom. The molecule has 2 saturated carbocycles. The standard InChI is InChI=1S/C13H25NO/c1-9-5-10(2)7-12(6-9)15-8-13(14)11-3-4-11/h9-13H,3-8,14H2,1-2H3. The maximum absolute atomic E-state index is 6.04. The molecule has 2 fully saturated rings. The molecule has 0 spiro atoms. The number of hydrogen-bond acceptors (Lipinski definition) is 2. The van der Waals surface area contributed by atoms with Gasteiger partial charge >= 0.3 is 0 Å². The fourth-order valence-corrected chi connectivity index (χ4v) is 2.92. The molecule has 2 heteroatoms. The molecule has 2 aliphatic carbocycles. The third kappa shape index (κ3) is 3.46. The van der Waals surface area contributed by atoms with Crippen LogP contribution in [0.15, 0.2) is 0 Å². The lowest BCUT2D eigenvalue weighted by atomic mass is 9.82. The minimum atomic E-state index is 0.303. The Labute approximate surface area is 93.6 Å². The Bertz CT molecular complexity index is 193. The lowest BCUT2D eigenvalue weighted by molar-refractivity contribution is -0.00703. The normalized spacial score (nSPS) is 39.0. The lowest BCUT2D eigenvalue weighted by Gasteiger charge is -2.32. The highest BCUT2D eigenvalue weighted by Crippen LogP contribution is 2.33. The van der Waals surface area contributed by atoms with Crippen molar-refractivity contribution in [3.8, 4) is 0 Å². The number of hydrogen-bond donors (Lipinski definition) is 1. The van der Waals surface area contributed by atoms with Crippen LogP contribution < -0.4 is 5.73 Å². The third-order valence-electron chi connectivity index (χ3n) is 3.89. The highest BCUT2D eigenvalue weighted by molar-refractivity contribution is 4.84. The van der Waals surface area contributed by atoms with E-state index < -0.39 is 0 Å². The summed E-state index contributed by atoms with van der Waals surface area (Å²) in [6.45, 7) is 5.47. The van der Waals surface area contributed by atoms with Crippen LogP contribution in [-0.4, -0.2) is 18.8 Å². The van der Waals surface area contributed by atoms with Gasteiger partial charge in [-0.05, 0) is 49.9 Å². The summed E-state index contributed by atoms with van der Waals surface area (Å²) in [5.41, 5.74) is 6.04. The predicted molar refractivity (Wildman–Crippen MR) is 62.6 cm³/mol. The molecule has 3 atom stereocenters. The zero-order valence-electron chi connectivity index (χ0n) is 10.1. The van der Waals surface area contributed by atoms with Crippen molar-refractivity contribution in [3.63, 3.8) is 0 Å². The molecule has 88 valence electrons. The summed E-state index contributed by atoms with van der Waals surface area (Å²) in [7, 11) is 0. The van der Waals surface area contributed by atoms with Gasteiger partial charge in [-0.3, -0.25) is 0 Å². The summed E-state index contributed by atoms with van der Waals surface area (Å²) in [5.74, 6) is 2.43. The Kier molecular flexibility index (Phi) is 3.68. The van der Waals surface area contributed by atoms with Gasteiger partial charge in [0.15, 0.2) is 0 Å². The van der Waals surface area contributed by atoms with Gasteiger partial charge in [0.05, 0.1) is 12.7 Å². The summed E-state index contributed by atoms with van der Waals surface area (Å²) < 4.78 is 5.96. The van der Waals surface area contributed by atoms with Crippen molar-refractivity contribution in [2.45, 2.75) is 58.1 Å². The van der Waals surface area contributed by atoms with Gasteiger partial charge in [-0.15, -0.1) is 0 Å². The molecule has 0 amide bonds. The van der Waals surface area contributed by atoms with Crippen molar-refractivity contribution in [1.29, 1.82) is 0 Å². The lowest BCUT2D eigenvalue weighted by Crippen LogP contribution is -2.33. The molecule has 0 saturated heterocycles. The van der Waals surface area contributed by atoms with E-state index in [1.807, 2.05) is 0 Å². The molecule has 2 nitrogen and oxygen atoms in total. The molecule has 2 aliphatic rings. The van der Waals surface area contributed by atoms with Crippen LogP contribution >= 0.6 is 0 Å². The maximum atomic E-state index is 6.04. The van der Waals surface area contributed by atoms with Crippen molar-refractivity contribution in [3.05, 3.63) is 0 Å². The van der Waals surface area contributed by atoms with E-state index in [2.05, 4.69) is 13.8 Å². The Hall–Kier alpha value is -0.0800. The molecule has 0 aromatic heterocycles. The highest BCUT2D eigenvalue weighted by atomic mass is 16.5. The predicted octanol–water partition coefficient (Wildman–Crippen LogP) is 2.57. The molecule has 0 bridgehead atoms. The van der Waals surface area contributed by atoms with Crippen molar-refractivity contribution in [2.24, 2.45) is 23.5 Å². The first-order valence-corrected chi connectivity index (χ1v) is 6.52. The van der Waals surface area contributed by atoms with E-state index in [9.17, 15) is 0 Å². The van der Waals surface area contributed by atoms with Gasteiger partial charge in [-0.25, -0.2) is 0 Å². The van der Waals surface area contributed by atoms with E-state index >= 15 is 0 Å². The zero-order valence-corrected chi connectivity index (χ0v) is 10.1. The summed E-state index contributed by atoms with van der Waals surface area (Å²) in [6, 6.07) is 0.303. The largest absolute Gasteiger partial charge is 0.377 e. The summed E-state index contributed by atoms with van der Waals surface area (Å²) in [5, 5.41) is 0. The van der Waals surface area contributed by atoms with Gasteiger partial charge in [0.2, 0.25) is 0 Å². The Morgan fingerprint density at radius 1 is 1.13 bits per heavy atom. The first-order chi connectivity index (χ1) is 7.15. The molecule has 3 unspecified atom stereocenters. The topological polar surface area (TPSA) is 35.2 Å². The van der Waals surface area contributed by atoms with E-state index in [0.717, 1.165) is 24.4 Å². The van der Waals surface area contributed by atoms with E-state index in [4.69, 9.17) is 10.5 Å². The third-order valence-corrected chi connectivity index (χ3v) is 3.89. The van der Waals surface area contributed by atoms with Crippen LogP contribution in [0.1, 0.15) is 46.0 Å². The number of nitrogens with two attached hydrogens (primary N) is 1. The van der Waals surface area contributed by atoms with Gasteiger partial charge in [-0.1, -0.05) is 13.8 Å². The van der Waals surface area contributed by atoms with Crippen LogP contribution in [0.25, 0.3) is 0 Å². The molecular weight excluding hydrogens is 186 g/mol. The Morgan fingerprint density at radius 3 is 2.27 bits per heavy atom. The second-order valence-corrected chi connectivity index (χ2v) is 5.87. The first-order valence-electron chi connectivity index (χ1n) is 6.52. The van der Waals surface area contributed by atoms with Gasteiger partial charge in [0.1, 0.15) is 0 Å². The van der Waals surface area contributed by atoms with E-state index in [-0.39, 0.29) is 0 Å². The van der Waals surface area contributed by atoms with Crippen LogP contribution in [-0.2, 0) is 4.74 Å². The second kappa shape index (κ2) is 4.84. The van der Waals surface area contributed by atoms with Crippen molar-refractivity contribution in [1.82, 2.24) is 0 Å². The van der Waals surface area contributed by atoms with E-state index in [1.165, 1.54) is 32.1 Å². The number of rotatable bonds is 4. The van der Waals surface area contributed by atoms with Gasteiger partial charge in [-0.2, -0.15) is 0 Å². The van der Waals surface area contributed by atoms with Crippen molar-refractivity contribution in [2.75, 3.05) is 6.61 Å².